The number of rotatable bonds is 8. The normalized spacial score (nSPS) is 19.8. The molecule has 0 bridgehead atoms. The van der Waals surface area contributed by atoms with Gasteiger partial charge in [0.25, 0.3) is 5.91 Å². The molecule has 0 radical (unpaired) electrons. The van der Waals surface area contributed by atoms with Crippen LogP contribution >= 0.6 is 0 Å². The lowest BCUT2D eigenvalue weighted by Gasteiger charge is -2.20. The highest BCUT2D eigenvalue weighted by Crippen LogP contribution is 2.36. The minimum atomic E-state index is -0.920. The number of amides is 1. The molecule has 0 aliphatic heterocycles. The van der Waals surface area contributed by atoms with Gasteiger partial charge in [-0.3, -0.25) is 9.59 Å². The molecule has 0 saturated heterocycles. The Morgan fingerprint density at radius 1 is 1.18 bits per heavy atom. The molecule has 33 heavy (non-hydrogen) atoms. The third kappa shape index (κ3) is 5.16. The fourth-order valence-corrected chi connectivity index (χ4v) is 4.04. The van der Waals surface area contributed by atoms with Crippen LogP contribution in [0.5, 0.6) is 11.5 Å². The summed E-state index contributed by atoms with van der Waals surface area (Å²) in [6.45, 7) is 3.57. The van der Waals surface area contributed by atoms with E-state index in [1.54, 1.807) is 6.92 Å². The van der Waals surface area contributed by atoms with Gasteiger partial charge in [-0.2, -0.15) is 0 Å². The fraction of sp³-hybridized carbons (Fsp3) is 0.440. The molecule has 4 rings (SSSR count). The second-order valence-corrected chi connectivity index (χ2v) is 8.67. The zero-order valence-electron chi connectivity index (χ0n) is 19.0. The number of esters is 2. The first-order valence-electron chi connectivity index (χ1n) is 11.2. The SMILES string of the molecule is COc1ccnc(C(=O)N[C@@H](C)C(=O)OC2Cc3ccccc3C2C)c1OC(=O)CC1CC1. The first-order valence-corrected chi connectivity index (χ1v) is 11.2. The summed E-state index contributed by atoms with van der Waals surface area (Å²) in [5, 5.41) is 2.60. The number of hydrogen-bond donors (Lipinski definition) is 1. The summed E-state index contributed by atoms with van der Waals surface area (Å²) >= 11 is 0. The van der Waals surface area contributed by atoms with Crippen LogP contribution in [-0.4, -0.2) is 42.1 Å². The van der Waals surface area contributed by atoms with Crippen molar-refractivity contribution in [2.75, 3.05) is 7.11 Å². The van der Waals surface area contributed by atoms with E-state index < -0.39 is 23.9 Å². The van der Waals surface area contributed by atoms with E-state index in [0.29, 0.717) is 12.3 Å². The van der Waals surface area contributed by atoms with Crippen molar-refractivity contribution in [2.45, 2.75) is 57.6 Å². The van der Waals surface area contributed by atoms with Gasteiger partial charge in [-0.05, 0) is 36.8 Å². The van der Waals surface area contributed by atoms with E-state index in [1.807, 2.05) is 31.2 Å². The van der Waals surface area contributed by atoms with E-state index in [1.165, 1.54) is 24.9 Å². The Hall–Kier alpha value is -3.42. The number of hydrogen-bond acceptors (Lipinski definition) is 7. The summed E-state index contributed by atoms with van der Waals surface area (Å²) in [5.74, 6) is -1.07. The smallest absolute Gasteiger partial charge is 0.328 e. The number of nitrogens with zero attached hydrogens (tertiary/aromatic N) is 1. The van der Waals surface area contributed by atoms with Crippen molar-refractivity contribution in [1.82, 2.24) is 10.3 Å². The Bertz CT molecular complexity index is 1060. The summed E-state index contributed by atoms with van der Waals surface area (Å²) in [7, 11) is 1.41. The third-order valence-electron chi connectivity index (χ3n) is 6.16. The topological polar surface area (TPSA) is 104 Å². The third-order valence-corrected chi connectivity index (χ3v) is 6.16. The van der Waals surface area contributed by atoms with Crippen molar-refractivity contribution in [3.63, 3.8) is 0 Å². The van der Waals surface area contributed by atoms with Crippen molar-refractivity contribution >= 4 is 17.8 Å². The highest BCUT2D eigenvalue weighted by Gasteiger charge is 2.34. The van der Waals surface area contributed by atoms with Gasteiger partial charge in [0.2, 0.25) is 5.75 Å². The summed E-state index contributed by atoms with van der Waals surface area (Å²) < 4.78 is 16.4. The molecule has 1 amide bonds. The van der Waals surface area contributed by atoms with Gasteiger partial charge in [-0.25, -0.2) is 9.78 Å². The highest BCUT2D eigenvalue weighted by atomic mass is 16.6. The number of carbonyl (C=O) groups is 3. The standard InChI is InChI=1S/C25H28N2O6/c1-14-18-7-5-4-6-17(18)13-20(14)32-25(30)15(2)27-24(29)22-23(19(31-3)10-11-26-22)33-21(28)12-16-8-9-16/h4-7,10-11,14-16,20H,8-9,12-13H2,1-3H3,(H,27,29)/t14?,15-,20?/m0/s1. The van der Waals surface area contributed by atoms with E-state index in [9.17, 15) is 14.4 Å². The lowest BCUT2D eigenvalue weighted by atomic mass is 10.0. The molecule has 1 N–H and O–H groups in total. The predicted molar refractivity (Wildman–Crippen MR) is 119 cm³/mol. The second kappa shape index (κ2) is 9.60. The summed E-state index contributed by atoms with van der Waals surface area (Å²) in [6.07, 6.45) is 4.01. The molecule has 1 aromatic heterocycles. The molecule has 3 atom stereocenters. The molecule has 2 aliphatic carbocycles. The van der Waals surface area contributed by atoms with E-state index in [2.05, 4.69) is 10.3 Å². The number of ether oxygens (including phenoxy) is 3. The maximum Gasteiger partial charge on any atom is 0.328 e. The largest absolute Gasteiger partial charge is 0.493 e. The van der Waals surface area contributed by atoms with Crippen LogP contribution < -0.4 is 14.8 Å². The Labute approximate surface area is 192 Å². The highest BCUT2D eigenvalue weighted by molar-refractivity contribution is 5.98. The van der Waals surface area contributed by atoms with Crippen LogP contribution in [0.3, 0.4) is 0 Å². The molecule has 8 heteroatoms. The molecule has 1 aromatic carbocycles. The second-order valence-electron chi connectivity index (χ2n) is 8.67. The Balaban J connectivity index is 1.41. The Kier molecular flexibility index (Phi) is 6.62. The minimum Gasteiger partial charge on any atom is -0.493 e. The van der Waals surface area contributed by atoms with E-state index >= 15 is 0 Å². The number of benzene rings is 1. The molecule has 2 aromatic rings. The average Bonchev–Trinajstić information content (AvgIpc) is 3.56. The molecule has 1 heterocycles. The maximum atomic E-state index is 12.9. The molecule has 1 fully saturated rings. The summed E-state index contributed by atoms with van der Waals surface area (Å²) in [4.78, 5) is 41.9. The van der Waals surface area contributed by atoms with Crippen molar-refractivity contribution in [3.8, 4) is 11.5 Å². The number of carbonyl (C=O) groups excluding carboxylic acids is 3. The van der Waals surface area contributed by atoms with Gasteiger partial charge < -0.3 is 19.5 Å². The number of pyridine rings is 1. The van der Waals surface area contributed by atoms with Crippen LogP contribution in [0.25, 0.3) is 0 Å². The predicted octanol–water partition coefficient (Wildman–Crippen LogP) is 3.19. The monoisotopic (exact) mass is 452 g/mol. The van der Waals surface area contributed by atoms with Gasteiger partial charge in [-0.1, -0.05) is 31.2 Å². The van der Waals surface area contributed by atoms with E-state index in [0.717, 1.165) is 18.4 Å². The van der Waals surface area contributed by atoms with Crippen LogP contribution in [0.2, 0.25) is 0 Å². The summed E-state index contributed by atoms with van der Waals surface area (Å²) in [6, 6.07) is 8.60. The van der Waals surface area contributed by atoms with Gasteiger partial charge in [0.15, 0.2) is 11.4 Å². The summed E-state index contributed by atoms with van der Waals surface area (Å²) in [5.41, 5.74) is 2.21. The maximum absolute atomic E-state index is 12.9. The Morgan fingerprint density at radius 2 is 1.94 bits per heavy atom. The van der Waals surface area contributed by atoms with Crippen molar-refractivity contribution < 1.29 is 28.6 Å². The van der Waals surface area contributed by atoms with Crippen molar-refractivity contribution in [1.29, 1.82) is 0 Å². The van der Waals surface area contributed by atoms with Crippen LogP contribution in [0.4, 0.5) is 0 Å². The molecule has 174 valence electrons. The quantitative estimate of drug-likeness (QED) is 0.614. The van der Waals surface area contributed by atoms with E-state index in [-0.39, 0.29) is 35.6 Å². The van der Waals surface area contributed by atoms with Crippen molar-refractivity contribution in [2.24, 2.45) is 5.92 Å². The molecule has 1 saturated carbocycles. The number of fused-ring (bicyclic) bond motifs is 1. The molecule has 0 spiro atoms. The minimum absolute atomic E-state index is 0.0522. The lowest BCUT2D eigenvalue weighted by molar-refractivity contribution is -0.151. The lowest BCUT2D eigenvalue weighted by Crippen LogP contribution is -2.41. The number of methoxy groups -OCH3 is 1. The van der Waals surface area contributed by atoms with Crippen molar-refractivity contribution in [3.05, 3.63) is 53.3 Å². The van der Waals surface area contributed by atoms with E-state index in [4.69, 9.17) is 14.2 Å². The van der Waals surface area contributed by atoms with Crippen LogP contribution in [-0.2, 0) is 20.7 Å². The average molecular weight is 453 g/mol. The van der Waals surface area contributed by atoms with Crippen LogP contribution in [0, 0.1) is 5.92 Å². The zero-order chi connectivity index (χ0) is 23.5. The molecular weight excluding hydrogens is 424 g/mol. The number of aromatic nitrogens is 1. The van der Waals surface area contributed by atoms with Gasteiger partial charge in [-0.15, -0.1) is 0 Å². The first kappa shape index (κ1) is 22.8. The first-order chi connectivity index (χ1) is 15.9. The van der Waals surface area contributed by atoms with Crippen LogP contribution in [0.1, 0.15) is 60.6 Å². The molecule has 2 aliphatic rings. The number of nitrogens with one attached hydrogen (secondary N) is 1. The molecule has 2 unspecified atom stereocenters. The zero-order valence-corrected chi connectivity index (χ0v) is 19.0. The van der Waals surface area contributed by atoms with Gasteiger partial charge in [0, 0.05) is 31.0 Å². The van der Waals surface area contributed by atoms with Crippen LogP contribution in [0.15, 0.2) is 36.5 Å². The molecule has 8 nitrogen and oxygen atoms in total. The van der Waals surface area contributed by atoms with Gasteiger partial charge in [0.05, 0.1) is 7.11 Å². The van der Waals surface area contributed by atoms with Gasteiger partial charge >= 0.3 is 11.9 Å². The Morgan fingerprint density at radius 3 is 2.64 bits per heavy atom. The van der Waals surface area contributed by atoms with Gasteiger partial charge in [0.1, 0.15) is 12.1 Å². The molecular formula is C25H28N2O6. The fourth-order valence-electron chi connectivity index (χ4n) is 4.04.